The van der Waals surface area contributed by atoms with Crippen LogP contribution in [0.2, 0.25) is 0 Å². The molecule has 3 saturated heterocycles. The van der Waals surface area contributed by atoms with Crippen LogP contribution in [0.1, 0.15) is 119 Å². The maximum Gasteiger partial charge on any atom is 0.395 e. The number of alkyl halides is 4. The average Bonchev–Trinajstić information content (AvgIpc) is 3.34. The maximum atomic E-state index is 14.1. The van der Waals surface area contributed by atoms with Crippen molar-refractivity contribution in [3.63, 3.8) is 0 Å². The number of nitrogens with zero attached hydrogens (tertiary/aromatic N) is 5. The third-order valence-electron chi connectivity index (χ3n) is 10.9. The number of halogens is 4. The number of nitrogens with two attached hydrogens (primary N) is 1. The van der Waals surface area contributed by atoms with Gasteiger partial charge in [-0.2, -0.15) is 18.4 Å². The van der Waals surface area contributed by atoms with Gasteiger partial charge in [-0.1, -0.05) is 32.8 Å². The smallest absolute Gasteiger partial charge is 0.395 e. The lowest BCUT2D eigenvalue weighted by atomic mass is 9.70. The van der Waals surface area contributed by atoms with Gasteiger partial charge in [0.2, 0.25) is 0 Å². The van der Waals surface area contributed by atoms with Crippen LogP contribution in [0.25, 0.3) is 0 Å². The van der Waals surface area contributed by atoms with Gasteiger partial charge in [0.25, 0.3) is 0 Å². The third-order valence-corrected chi connectivity index (χ3v) is 10.9. The van der Waals surface area contributed by atoms with E-state index in [4.69, 9.17) is 15.7 Å². The SMILES string of the molecule is CC12CCCN1CC(F)C2.CCc1nc2c(c(N3CCCCCC3)n1)CCC(C)(CCC(c1ccc(N)c(C#N)c1)C(F)(F)F)C2. The van der Waals surface area contributed by atoms with Crippen molar-refractivity contribution in [1.82, 2.24) is 14.9 Å². The molecule has 0 radical (unpaired) electrons. The number of aryl methyl sites for hydroxylation is 1. The minimum Gasteiger partial charge on any atom is -0.398 e. The molecule has 6 nitrogen and oxygen atoms in total. The molecule has 4 heterocycles. The van der Waals surface area contributed by atoms with Gasteiger partial charge in [-0.3, -0.25) is 4.90 Å². The van der Waals surface area contributed by atoms with Gasteiger partial charge in [0, 0.05) is 48.5 Å². The Balaban J connectivity index is 0.000000350. The molecule has 2 aromatic rings. The second-order valence-electron chi connectivity index (χ2n) is 14.6. The molecule has 46 heavy (non-hydrogen) atoms. The Kier molecular flexibility index (Phi) is 10.5. The van der Waals surface area contributed by atoms with Gasteiger partial charge in [0.1, 0.15) is 23.9 Å². The summed E-state index contributed by atoms with van der Waals surface area (Å²) in [5.41, 5.74) is 8.29. The molecule has 2 N–H and O–H groups in total. The monoisotopic (exact) mass is 642 g/mol. The largest absolute Gasteiger partial charge is 0.398 e. The predicted molar refractivity (Wildman–Crippen MR) is 175 cm³/mol. The Morgan fingerprint density at radius 3 is 2.46 bits per heavy atom. The topological polar surface area (TPSA) is 82.1 Å². The van der Waals surface area contributed by atoms with Gasteiger partial charge in [0.15, 0.2) is 0 Å². The van der Waals surface area contributed by atoms with Crippen molar-refractivity contribution in [2.45, 2.75) is 128 Å². The summed E-state index contributed by atoms with van der Waals surface area (Å²) in [5.74, 6) is 0.240. The van der Waals surface area contributed by atoms with Crippen LogP contribution in [0.5, 0.6) is 0 Å². The maximum absolute atomic E-state index is 14.1. The summed E-state index contributed by atoms with van der Waals surface area (Å²) in [4.78, 5) is 14.5. The lowest BCUT2D eigenvalue weighted by molar-refractivity contribution is -0.153. The van der Waals surface area contributed by atoms with Crippen molar-refractivity contribution in [2.24, 2.45) is 5.41 Å². The molecule has 4 unspecified atom stereocenters. The van der Waals surface area contributed by atoms with Crippen LogP contribution in [-0.4, -0.2) is 58.9 Å². The normalized spacial score (nSPS) is 27.2. The zero-order valence-electron chi connectivity index (χ0n) is 27.7. The molecule has 1 aromatic carbocycles. The Morgan fingerprint density at radius 1 is 1.07 bits per heavy atom. The van der Waals surface area contributed by atoms with Crippen LogP contribution in [0.4, 0.5) is 29.1 Å². The zero-order valence-corrected chi connectivity index (χ0v) is 27.7. The first-order chi connectivity index (χ1) is 21.8. The highest BCUT2D eigenvalue weighted by Crippen LogP contribution is 2.46. The average molecular weight is 643 g/mol. The Bertz CT molecular complexity index is 1400. The molecule has 10 heteroatoms. The molecule has 252 valence electrons. The van der Waals surface area contributed by atoms with Crippen molar-refractivity contribution in [3.05, 3.63) is 46.4 Å². The molecule has 6 rings (SSSR count). The van der Waals surface area contributed by atoms with Gasteiger partial charge in [0.05, 0.1) is 11.5 Å². The minimum absolute atomic E-state index is 0.0329. The zero-order chi connectivity index (χ0) is 33.1. The van der Waals surface area contributed by atoms with Crippen molar-refractivity contribution >= 4 is 11.5 Å². The molecule has 4 atom stereocenters. The van der Waals surface area contributed by atoms with Crippen LogP contribution >= 0.6 is 0 Å². The molecule has 3 fully saturated rings. The van der Waals surface area contributed by atoms with Gasteiger partial charge >= 0.3 is 6.18 Å². The lowest BCUT2D eigenvalue weighted by Crippen LogP contribution is -2.34. The van der Waals surface area contributed by atoms with Gasteiger partial charge in [-0.25, -0.2) is 14.4 Å². The summed E-state index contributed by atoms with van der Waals surface area (Å²) >= 11 is 0. The van der Waals surface area contributed by atoms with E-state index >= 15 is 0 Å². The van der Waals surface area contributed by atoms with E-state index in [1.54, 1.807) is 0 Å². The fourth-order valence-corrected chi connectivity index (χ4v) is 8.11. The summed E-state index contributed by atoms with van der Waals surface area (Å²) in [6, 6.07) is 6.00. The number of rotatable bonds is 6. The number of nitriles is 1. The van der Waals surface area contributed by atoms with E-state index in [1.807, 2.05) is 13.0 Å². The number of aromatic nitrogens is 2. The van der Waals surface area contributed by atoms with E-state index in [0.717, 1.165) is 75.5 Å². The second kappa shape index (κ2) is 14.0. The quantitative estimate of drug-likeness (QED) is 0.254. The van der Waals surface area contributed by atoms with E-state index in [1.165, 1.54) is 49.4 Å². The molecular weight excluding hydrogens is 592 g/mol. The van der Waals surface area contributed by atoms with Crippen molar-refractivity contribution < 1.29 is 17.6 Å². The van der Waals surface area contributed by atoms with Gasteiger partial charge in [-0.15, -0.1) is 0 Å². The molecule has 0 saturated carbocycles. The van der Waals surface area contributed by atoms with E-state index in [9.17, 15) is 22.8 Å². The highest BCUT2D eigenvalue weighted by molar-refractivity contribution is 5.56. The number of anilines is 2. The molecular formula is C36H50F4N6. The number of hydrogen-bond acceptors (Lipinski definition) is 6. The number of fused-ring (bicyclic) bond motifs is 2. The summed E-state index contributed by atoms with van der Waals surface area (Å²) < 4.78 is 55.2. The molecule has 3 aliphatic heterocycles. The fraction of sp³-hybridized carbons (Fsp3) is 0.694. The van der Waals surface area contributed by atoms with Crippen molar-refractivity contribution in [1.29, 1.82) is 5.26 Å². The van der Waals surface area contributed by atoms with Gasteiger partial charge in [-0.05, 0) is 101 Å². The predicted octanol–water partition coefficient (Wildman–Crippen LogP) is 8.08. The number of hydrogen-bond donors (Lipinski definition) is 1. The summed E-state index contributed by atoms with van der Waals surface area (Å²) in [5, 5.41) is 9.24. The Hall–Kier alpha value is -2.93. The van der Waals surface area contributed by atoms with Crippen molar-refractivity contribution in [2.75, 3.05) is 36.8 Å². The van der Waals surface area contributed by atoms with E-state index in [-0.39, 0.29) is 34.2 Å². The Morgan fingerprint density at radius 2 is 1.80 bits per heavy atom. The minimum atomic E-state index is -4.40. The van der Waals surface area contributed by atoms with Crippen molar-refractivity contribution in [3.8, 4) is 6.07 Å². The molecule has 0 amide bonds. The van der Waals surface area contributed by atoms with Crippen LogP contribution < -0.4 is 10.6 Å². The first kappa shape index (κ1) is 34.4. The van der Waals surface area contributed by atoms with E-state index in [0.29, 0.717) is 19.4 Å². The molecule has 1 aliphatic carbocycles. The van der Waals surface area contributed by atoms with Crippen LogP contribution in [0.15, 0.2) is 18.2 Å². The molecule has 1 aromatic heterocycles. The molecule has 0 bridgehead atoms. The third kappa shape index (κ3) is 7.78. The fourth-order valence-electron chi connectivity index (χ4n) is 8.11. The van der Waals surface area contributed by atoms with Crippen LogP contribution in [0.3, 0.4) is 0 Å². The standard InChI is InChI=1S/C28H36F3N5.C8H14FN/c1-3-25-34-24-17-27(2,12-10-21(24)26(35-25)36-14-6-4-5-7-15-36)13-11-22(28(29,30)31)19-8-9-23(33)20(16-19)18-32;1-8-3-2-4-10(8)6-7(9)5-8/h8-9,16,22H,3-7,10-15,17,33H2,1-2H3;7H,2-6H2,1H3. The highest BCUT2D eigenvalue weighted by atomic mass is 19.4. The summed E-state index contributed by atoms with van der Waals surface area (Å²) in [6.45, 7) is 10.2. The first-order valence-corrected chi connectivity index (χ1v) is 17.2. The number of nitrogen functional groups attached to an aromatic ring is 1. The second-order valence-corrected chi connectivity index (χ2v) is 14.6. The first-order valence-electron chi connectivity index (χ1n) is 17.2. The molecule has 0 spiro atoms. The Labute approximate surface area is 271 Å². The number of benzene rings is 1. The van der Waals surface area contributed by atoms with Gasteiger partial charge < -0.3 is 10.6 Å². The van der Waals surface area contributed by atoms with E-state index in [2.05, 4.69) is 23.6 Å². The van der Waals surface area contributed by atoms with Crippen LogP contribution in [0, 0.1) is 16.7 Å². The highest BCUT2D eigenvalue weighted by Gasteiger charge is 2.45. The summed E-state index contributed by atoms with van der Waals surface area (Å²) in [7, 11) is 0. The molecule has 4 aliphatic rings. The van der Waals surface area contributed by atoms with Crippen LogP contribution in [-0.2, 0) is 19.3 Å². The van der Waals surface area contributed by atoms with E-state index < -0.39 is 18.3 Å². The lowest BCUT2D eigenvalue weighted by Gasteiger charge is -2.37. The summed E-state index contributed by atoms with van der Waals surface area (Å²) in [6.07, 6.45) is 6.49.